The van der Waals surface area contributed by atoms with E-state index in [2.05, 4.69) is 126 Å². The highest BCUT2D eigenvalue weighted by Crippen LogP contribution is 2.49. The number of para-hydroxylation sites is 4. The van der Waals surface area contributed by atoms with Gasteiger partial charge in [0, 0.05) is 49.3 Å². The monoisotopic (exact) mass is 640 g/mol. The summed E-state index contributed by atoms with van der Waals surface area (Å²) in [6.45, 7) is 2.09. The van der Waals surface area contributed by atoms with Gasteiger partial charge < -0.3 is 18.6 Å². The third-order valence-corrected chi connectivity index (χ3v) is 9.12. The van der Waals surface area contributed by atoms with Crippen LogP contribution in [-0.2, 0) is 0 Å². The Bertz CT molecular complexity index is 2550. The van der Waals surface area contributed by atoms with Crippen molar-refractivity contribution in [1.29, 1.82) is 0 Å². The maximum Gasteiger partial charge on any atom is 0.159 e. The second kappa shape index (κ2) is 11.4. The summed E-state index contributed by atoms with van der Waals surface area (Å²) in [6, 6.07) is 54.1. The van der Waals surface area contributed by atoms with Crippen LogP contribution in [0.3, 0.4) is 0 Å². The molecule has 0 atom stereocenters. The Morgan fingerprint density at radius 1 is 0.417 bits per heavy atom. The molecule has 0 bridgehead atoms. The Labute approximate surface area is 282 Å². The van der Waals surface area contributed by atoms with E-state index in [4.69, 9.17) is 20.4 Å². The molecule has 0 aliphatic heterocycles. The molecule has 5 heteroatoms. The normalized spacial score (nSPS) is 11.5. The number of fused-ring (bicyclic) bond motifs is 6. The first-order chi connectivity index (χ1) is 23.6. The van der Waals surface area contributed by atoms with E-state index >= 15 is 0 Å². The second-order valence-corrected chi connectivity index (χ2v) is 12.5. The molecule has 0 aliphatic carbocycles. The Morgan fingerprint density at radius 3 is 1.54 bits per heavy atom. The first kappa shape index (κ1) is 28.3. The largest absolute Gasteiger partial charge is 0.454 e. The van der Waals surface area contributed by atoms with Gasteiger partial charge in [0.25, 0.3) is 0 Å². The van der Waals surface area contributed by atoms with Crippen LogP contribution in [0.1, 0.15) is 5.56 Å². The maximum absolute atomic E-state index is 6.95. The fourth-order valence-corrected chi connectivity index (χ4v) is 6.99. The van der Waals surface area contributed by atoms with Crippen LogP contribution in [0.4, 0.5) is 34.1 Å². The van der Waals surface area contributed by atoms with Crippen LogP contribution in [0.15, 0.2) is 167 Å². The van der Waals surface area contributed by atoms with E-state index in [0.29, 0.717) is 5.02 Å². The molecular weight excluding hydrogens is 612 g/mol. The van der Waals surface area contributed by atoms with Crippen LogP contribution in [0.25, 0.3) is 43.9 Å². The number of anilines is 6. The van der Waals surface area contributed by atoms with Crippen LogP contribution in [0.2, 0.25) is 5.02 Å². The van der Waals surface area contributed by atoms with Crippen molar-refractivity contribution >= 4 is 89.6 Å². The van der Waals surface area contributed by atoms with Gasteiger partial charge in [0.2, 0.25) is 0 Å². The molecule has 0 radical (unpaired) electrons. The van der Waals surface area contributed by atoms with Crippen molar-refractivity contribution in [2.24, 2.45) is 0 Å². The van der Waals surface area contributed by atoms with Gasteiger partial charge in [-0.05, 0) is 85.8 Å². The summed E-state index contributed by atoms with van der Waals surface area (Å²) in [5.74, 6) is 0. The van der Waals surface area contributed by atoms with Crippen LogP contribution >= 0.6 is 11.6 Å². The molecule has 4 nitrogen and oxygen atoms in total. The van der Waals surface area contributed by atoms with Crippen molar-refractivity contribution in [3.8, 4) is 0 Å². The van der Waals surface area contributed by atoms with Crippen LogP contribution in [-0.4, -0.2) is 0 Å². The zero-order valence-corrected chi connectivity index (χ0v) is 26.9. The Morgan fingerprint density at radius 2 is 0.917 bits per heavy atom. The number of benzene rings is 7. The zero-order chi connectivity index (χ0) is 32.2. The highest BCUT2D eigenvalue weighted by Gasteiger charge is 2.25. The van der Waals surface area contributed by atoms with Gasteiger partial charge in [-0.2, -0.15) is 0 Å². The fraction of sp³-hybridized carbons (Fsp3) is 0.0233. The van der Waals surface area contributed by atoms with E-state index < -0.39 is 0 Å². The molecule has 0 saturated heterocycles. The summed E-state index contributed by atoms with van der Waals surface area (Å²) < 4.78 is 13.3. The van der Waals surface area contributed by atoms with Gasteiger partial charge in [-0.1, -0.05) is 96.0 Å². The predicted octanol–water partition coefficient (Wildman–Crippen LogP) is 13.4. The average Bonchev–Trinajstić information content (AvgIpc) is 3.68. The Balaban J connectivity index is 1.39. The SMILES string of the molecule is Cc1ccc2oc3c(N(c4ccccc4)c4cc(N(c5ccccc5)c5ccccc5)c5oc6ccccc6c5c4)cc(Cl)cc3c2c1. The predicted molar refractivity (Wildman–Crippen MR) is 200 cm³/mol. The molecule has 2 heterocycles. The Kier molecular flexibility index (Phi) is 6.70. The molecule has 0 aliphatic rings. The molecule has 0 unspecified atom stereocenters. The maximum atomic E-state index is 6.95. The van der Waals surface area contributed by atoms with Crippen LogP contribution in [0.5, 0.6) is 0 Å². The van der Waals surface area contributed by atoms with Crippen molar-refractivity contribution < 1.29 is 8.83 Å². The molecule has 0 amide bonds. The van der Waals surface area contributed by atoms with Gasteiger partial charge in [-0.25, -0.2) is 0 Å². The van der Waals surface area contributed by atoms with Crippen molar-refractivity contribution in [2.45, 2.75) is 6.92 Å². The summed E-state index contributed by atoms with van der Waals surface area (Å²) in [4.78, 5) is 4.50. The van der Waals surface area contributed by atoms with E-state index in [0.717, 1.165) is 83.6 Å². The quantitative estimate of drug-likeness (QED) is 0.181. The van der Waals surface area contributed by atoms with E-state index in [1.54, 1.807) is 0 Å². The lowest BCUT2D eigenvalue weighted by Gasteiger charge is -2.29. The van der Waals surface area contributed by atoms with E-state index in [1.165, 1.54) is 0 Å². The smallest absolute Gasteiger partial charge is 0.159 e. The lowest BCUT2D eigenvalue weighted by atomic mass is 10.1. The first-order valence-electron chi connectivity index (χ1n) is 16.0. The van der Waals surface area contributed by atoms with Gasteiger partial charge >= 0.3 is 0 Å². The van der Waals surface area contributed by atoms with Crippen molar-refractivity contribution in [3.63, 3.8) is 0 Å². The van der Waals surface area contributed by atoms with Crippen molar-refractivity contribution in [2.75, 3.05) is 9.80 Å². The van der Waals surface area contributed by atoms with Gasteiger partial charge in [0.15, 0.2) is 11.2 Å². The number of hydrogen-bond acceptors (Lipinski definition) is 4. The van der Waals surface area contributed by atoms with E-state index in [9.17, 15) is 0 Å². The third kappa shape index (κ3) is 4.69. The molecule has 2 aromatic heterocycles. The third-order valence-electron chi connectivity index (χ3n) is 8.90. The molecule has 7 aromatic carbocycles. The number of nitrogens with zero attached hydrogens (tertiary/aromatic N) is 2. The van der Waals surface area contributed by atoms with Gasteiger partial charge in [0.05, 0.1) is 11.4 Å². The topological polar surface area (TPSA) is 32.8 Å². The molecule has 0 N–H and O–H groups in total. The number of halogens is 1. The lowest BCUT2D eigenvalue weighted by Crippen LogP contribution is -2.13. The molecule has 0 spiro atoms. The van der Waals surface area contributed by atoms with Crippen LogP contribution in [0, 0.1) is 6.92 Å². The average molecular weight is 641 g/mol. The van der Waals surface area contributed by atoms with Crippen molar-refractivity contribution in [3.05, 3.63) is 168 Å². The number of rotatable bonds is 6. The van der Waals surface area contributed by atoms with E-state index in [1.807, 2.05) is 48.5 Å². The number of hydrogen-bond donors (Lipinski definition) is 0. The van der Waals surface area contributed by atoms with Crippen molar-refractivity contribution in [1.82, 2.24) is 0 Å². The molecule has 9 rings (SSSR count). The highest BCUT2D eigenvalue weighted by molar-refractivity contribution is 6.32. The van der Waals surface area contributed by atoms with Crippen LogP contribution < -0.4 is 9.80 Å². The van der Waals surface area contributed by atoms with Gasteiger partial charge in [-0.3, -0.25) is 0 Å². The summed E-state index contributed by atoms with van der Waals surface area (Å²) in [6.07, 6.45) is 0. The molecule has 0 saturated carbocycles. The molecular formula is C43H29ClN2O2. The molecule has 9 aromatic rings. The number of furan rings is 2. The summed E-state index contributed by atoms with van der Waals surface area (Å²) in [5.41, 5.74) is 10.1. The summed E-state index contributed by atoms with van der Waals surface area (Å²) in [5, 5.41) is 4.70. The lowest BCUT2D eigenvalue weighted by molar-refractivity contribution is 0.669. The first-order valence-corrected chi connectivity index (χ1v) is 16.3. The minimum atomic E-state index is 0.632. The highest BCUT2D eigenvalue weighted by atomic mass is 35.5. The fourth-order valence-electron chi connectivity index (χ4n) is 6.78. The Hall–Kier alpha value is -5.97. The summed E-state index contributed by atoms with van der Waals surface area (Å²) in [7, 11) is 0. The van der Waals surface area contributed by atoms with E-state index in [-0.39, 0.29) is 0 Å². The van der Waals surface area contributed by atoms with Gasteiger partial charge in [0.1, 0.15) is 11.2 Å². The zero-order valence-electron chi connectivity index (χ0n) is 26.1. The number of aryl methyl sites for hydroxylation is 1. The summed E-state index contributed by atoms with van der Waals surface area (Å²) >= 11 is 6.95. The molecule has 230 valence electrons. The standard InChI is InChI=1S/C43H29ClN2O2/c1-28-21-22-41-35(23-28)36-24-29(44)25-38(42(36)48-41)46(32-17-9-4-10-18-32)33-26-37-34-19-11-12-20-40(34)47-43(37)39(27-33)45(30-13-5-2-6-14-30)31-15-7-3-8-16-31/h2-27H,1H3. The minimum Gasteiger partial charge on any atom is -0.454 e. The molecule has 48 heavy (non-hydrogen) atoms. The van der Waals surface area contributed by atoms with Gasteiger partial charge in [-0.15, -0.1) is 0 Å². The minimum absolute atomic E-state index is 0.632. The molecule has 0 fully saturated rings. The second-order valence-electron chi connectivity index (χ2n) is 12.0.